The van der Waals surface area contributed by atoms with E-state index in [9.17, 15) is 13.2 Å². The molecule has 0 aliphatic heterocycles. The molecule has 0 bridgehead atoms. The molecule has 1 aromatic carbocycles. The molecule has 0 N–H and O–H groups in total. The van der Waals surface area contributed by atoms with Crippen molar-refractivity contribution < 1.29 is 13.2 Å². The topological polar surface area (TPSA) is 57.7 Å². The zero-order valence-corrected chi connectivity index (χ0v) is 15.5. The van der Waals surface area contributed by atoms with Gasteiger partial charge in [-0.15, -0.1) is 0 Å². The maximum absolute atomic E-state index is 12.8. The molecule has 1 aromatic rings. The van der Waals surface area contributed by atoms with Gasteiger partial charge < -0.3 is 4.90 Å². The molecule has 0 saturated heterocycles. The van der Waals surface area contributed by atoms with Crippen LogP contribution in [0.15, 0.2) is 23.1 Å². The Labute approximate surface area is 143 Å². The van der Waals surface area contributed by atoms with Gasteiger partial charge in [-0.2, -0.15) is 0 Å². The first-order valence-corrected chi connectivity index (χ1v) is 9.49. The summed E-state index contributed by atoms with van der Waals surface area (Å²) >= 11 is 6.04. The second-order valence-electron chi connectivity index (χ2n) is 6.52. The first-order chi connectivity index (χ1) is 10.6. The second kappa shape index (κ2) is 6.79. The number of benzene rings is 1. The van der Waals surface area contributed by atoms with Crippen molar-refractivity contribution in [1.29, 1.82) is 0 Å². The van der Waals surface area contributed by atoms with Crippen molar-refractivity contribution in [2.24, 2.45) is 5.92 Å². The molecule has 128 valence electrons. The van der Waals surface area contributed by atoms with Crippen molar-refractivity contribution in [1.82, 2.24) is 9.21 Å². The summed E-state index contributed by atoms with van der Waals surface area (Å²) < 4.78 is 25.8. The van der Waals surface area contributed by atoms with E-state index >= 15 is 0 Å². The van der Waals surface area contributed by atoms with Crippen LogP contribution in [0.1, 0.15) is 37.0 Å². The average Bonchev–Trinajstić information content (AvgIpc) is 3.28. The van der Waals surface area contributed by atoms with E-state index in [2.05, 4.69) is 13.8 Å². The molecule has 2 rings (SSSR count). The van der Waals surface area contributed by atoms with Crippen molar-refractivity contribution in [3.8, 4) is 0 Å². The third kappa shape index (κ3) is 4.05. The van der Waals surface area contributed by atoms with Crippen molar-refractivity contribution in [3.63, 3.8) is 0 Å². The lowest BCUT2D eigenvalue weighted by Crippen LogP contribution is -2.36. The molecule has 0 heterocycles. The Kier molecular flexibility index (Phi) is 5.38. The Balaban J connectivity index is 2.38. The van der Waals surface area contributed by atoms with E-state index in [1.807, 2.05) is 4.90 Å². The molecule has 1 fully saturated rings. The van der Waals surface area contributed by atoms with Gasteiger partial charge >= 0.3 is 0 Å². The SMILES string of the molecule is CC(C)CN(C(=O)c1ccc(Cl)c(S(=O)(=O)N(C)C)c1)C1CC1. The zero-order chi connectivity index (χ0) is 17.4. The number of halogens is 1. The lowest BCUT2D eigenvalue weighted by Gasteiger charge is -2.25. The Morgan fingerprint density at radius 3 is 2.39 bits per heavy atom. The minimum atomic E-state index is -3.69. The van der Waals surface area contributed by atoms with Crippen LogP contribution in [0.25, 0.3) is 0 Å². The zero-order valence-electron chi connectivity index (χ0n) is 13.9. The third-order valence-corrected chi connectivity index (χ3v) is 6.04. The van der Waals surface area contributed by atoms with E-state index < -0.39 is 10.0 Å². The van der Waals surface area contributed by atoms with Crippen molar-refractivity contribution in [3.05, 3.63) is 28.8 Å². The molecule has 5 nitrogen and oxygen atoms in total. The highest BCUT2D eigenvalue weighted by Gasteiger charge is 2.34. The first kappa shape index (κ1) is 18.2. The minimum absolute atomic E-state index is 0.0321. The molecular formula is C16H23ClN2O3S. The van der Waals surface area contributed by atoms with Gasteiger partial charge in [0.15, 0.2) is 0 Å². The normalized spacial score (nSPS) is 15.3. The van der Waals surface area contributed by atoms with Crippen LogP contribution in [0.4, 0.5) is 0 Å². The summed E-state index contributed by atoms with van der Waals surface area (Å²) in [6, 6.07) is 4.73. The Morgan fingerprint density at radius 1 is 1.30 bits per heavy atom. The average molecular weight is 359 g/mol. The molecular weight excluding hydrogens is 336 g/mol. The fraction of sp³-hybridized carbons (Fsp3) is 0.562. The number of rotatable bonds is 6. The molecule has 0 atom stereocenters. The predicted octanol–water partition coefficient (Wildman–Crippen LogP) is 2.85. The Hall–Kier alpha value is -1.11. The summed E-state index contributed by atoms with van der Waals surface area (Å²) in [5, 5.41) is 0.122. The number of carbonyl (C=O) groups is 1. The van der Waals surface area contributed by atoms with Crippen LogP contribution in [-0.2, 0) is 10.0 Å². The van der Waals surface area contributed by atoms with Gasteiger partial charge in [0, 0.05) is 32.2 Å². The maximum atomic E-state index is 12.8. The van der Waals surface area contributed by atoms with Crippen LogP contribution >= 0.6 is 11.6 Å². The summed E-state index contributed by atoms with van der Waals surface area (Å²) in [4.78, 5) is 14.6. The lowest BCUT2D eigenvalue weighted by atomic mass is 10.1. The summed E-state index contributed by atoms with van der Waals surface area (Å²) in [6.45, 7) is 4.79. The predicted molar refractivity (Wildman–Crippen MR) is 91.2 cm³/mol. The van der Waals surface area contributed by atoms with Gasteiger partial charge in [-0.05, 0) is 37.0 Å². The van der Waals surface area contributed by atoms with E-state index in [4.69, 9.17) is 11.6 Å². The van der Waals surface area contributed by atoms with Gasteiger partial charge in [0.2, 0.25) is 10.0 Å². The van der Waals surface area contributed by atoms with Gasteiger partial charge in [-0.3, -0.25) is 4.79 Å². The Morgan fingerprint density at radius 2 is 1.91 bits per heavy atom. The van der Waals surface area contributed by atoms with Crippen LogP contribution in [0.2, 0.25) is 5.02 Å². The number of hydrogen-bond acceptors (Lipinski definition) is 3. The summed E-state index contributed by atoms with van der Waals surface area (Å²) in [7, 11) is -0.807. The van der Waals surface area contributed by atoms with Gasteiger partial charge in [0.1, 0.15) is 4.90 Å². The fourth-order valence-electron chi connectivity index (χ4n) is 2.37. The van der Waals surface area contributed by atoms with Crippen LogP contribution in [0.3, 0.4) is 0 Å². The standard InChI is InChI=1S/C16H23ClN2O3S/c1-11(2)10-19(13-6-7-13)16(20)12-5-8-14(17)15(9-12)23(21,22)18(3)4/h5,8-9,11,13H,6-7,10H2,1-4H3. The Bertz CT molecular complexity index is 697. The van der Waals surface area contributed by atoms with Crippen molar-refractivity contribution in [2.45, 2.75) is 37.6 Å². The molecule has 0 unspecified atom stereocenters. The largest absolute Gasteiger partial charge is 0.335 e. The highest BCUT2D eigenvalue weighted by molar-refractivity contribution is 7.89. The van der Waals surface area contributed by atoms with Gasteiger partial charge in [0.05, 0.1) is 5.02 Å². The fourth-order valence-corrected chi connectivity index (χ4v) is 3.77. The second-order valence-corrected chi connectivity index (χ2v) is 9.04. The molecule has 1 saturated carbocycles. The van der Waals surface area contributed by atoms with Crippen molar-refractivity contribution >= 4 is 27.5 Å². The summed E-state index contributed by atoms with van der Waals surface area (Å²) in [5.41, 5.74) is 0.363. The molecule has 23 heavy (non-hydrogen) atoms. The minimum Gasteiger partial charge on any atom is -0.335 e. The molecule has 1 amide bonds. The van der Waals surface area contributed by atoms with Crippen LogP contribution in [0.5, 0.6) is 0 Å². The van der Waals surface area contributed by atoms with Crippen LogP contribution in [-0.4, -0.2) is 50.2 Å². The molecule has 1 aliphatic rings. The van der Waals surface area contributed by atoms with E-state index in [-0.39, 0.29) is 21.9 Å². The maximum Gasteiger partial charge on any atom is 0.254 e. The monoisotopic (exact) mass is 358 g/mol. The van der Waals surface area contributed by atoms with Crippen molar-refractivity contribution in [2.75, 3.05) is 20.6 Å². The number of carbonyl (C=O) groups excluding carboxylic acids is 1. The van der Waals surface area contributed by atoms with Gasteiger partial charge in [0.25, 0.3) is 5.91 Å². The number of sulfonamides is 1. The number of amides is 1. The number of nitrogens with zero attached hydrogens (tertiary/aromatic N) is 2. The molecule has 1 aliphatic carbocycles. The van der Waals surface area contributed by atoms with E-state index in [1.54, 1.807) is 6.07 Å². The molecule has 0 aromatic heterocycles. The van der Waals surface area contributed by atoms with E-state index in [0.29, 0.717) is 18.0 Å². The number of hydrogen-bond donors (Lipinski definition) is 0. The quantitative estimate of drug-likeness (QED) is 0.785. The summed E-state index contributed by atoms with van der Waals surface area (Å²) in [5.74, 6) is 0.227. The molecule has 0 radical (unpaired) electrons. The highest BCUT2D eigenvalue weighted by Crippen LogP contribution is 2.31. The van der Waals surface area contributed by atoms with Gasteiger partial charge in [-0.25, -0.2) is 12.7 Å². The lowest BCUT2D eigenvalue weighted by molar-refractivity contribution is 0.0722. The molecule has 0 spiro atoms. The van der Waals surface area contributed by atoms with Gasteiger partial charge in [-0.1, -0.05) is 25.4 Å². The van der Waals surface area contributed by atoms with Crippen LogP contribution < -0.4 is 0 Å². The van der Waals surface area contributed by atoms with Crippen LogP contribution in [0, 0.1) is 5.92 Å². The summed E-state index contributed by atoms with van der Waals surface area (Å²) in [6.07, 6.45) is 2.02. The highest BCUT2D eigenvalue weighted by atomic mass is 35.5. The molecule has 7 heteroatoms. The third-order valence-electron chi connectivity index (χ3n) is 3.75. The van der Waals surface area contributed by atoms with E-state index in [0.717, 1.165) is 17.1 Å². The smallest absolute Gasteiger partial charge is 0.254 e. The first-order valence-electron chi connectivity index (χ1n) is 7.67. The van der Waals surface area contributed by atoms with E-state index in [1.165, 1.54) is 26.2 Å².